The van der Waals surface area contributed by atoms with Crippen LogP contribution in [0.25, 0.3) is 0 Å². The van der Waals surface area contributed by atoms with Crippen LogP contribution in [-0.2, 0) is 14.7 Å². The quantitative estimate of drug-likeness (QED) is 0.133. The number of piperidine rings is 1. The Hall–Kier alpha value is -3.36. The first kappa shape index (κ1) is 27.2. The van der Waals surface area contributed by atoms with E-state index in [0.717, 1.165) is 5.06 Å². The van der Waals surface area contributed by atoms with E-state index in [2.05, 4.69) is 16.8 Å². The summed E-state index contributed by atoms with van der Waals surface area (Å²) in [5.74, 6) is 0.0332. The third-order valence-electron chi connectivity index (χ3n) is 6.17. The number of nitrogens with zero attached hydrogens (tertiary/aromatic N) is 3. The number of hydrogen-bond donors (Lipinski definition) is 0. The second kappa shape index (κ2) is 11.1. The van der Waals surface area contributed by atoms with Crippen molar-refractivity contribution in [3.8, 4) is 5.75 Å². The maximum absolute atomic E-state index is 13.1. The first-order valence-corrected chi connectivity index (χ1v) is 12.0. The molecule has 0 saturated carbocycles. The van der Waals surface area contributed by atoms with Crippen molar-refractivity contribution in [1.29, 1.82) is 0 Å². The molecule has 0 unspecified atom stereocenters. The molecule has 1 radical (unpaired) electrons. The number of Topliss-reactive ketones (excluding diaryl/α,β-unsaturated/α-hetero) is 1. The predicted octanol–water partition coefficient (Wildman–Crippen LogP) is 6.40. The number of ketones is 1. The van der Waals surface area contributed by atoms with Gasteiger partial charge in [-0.05, 0) is 96.0 Å². The molecular weight excluding hydrogens is 458 g/mol. The van der Waals surface area contributed by atoms with Crippen molar-refractivity contribution < 1.29 is 24.3 Å². The van der Waals surface area contributed by atoms with Gasteiger partial charge in [0.15, 0.2) is 5.78 Å². The lowest BCUT2D eigenvalue weighted by atomic mass is 9.73. The first-order chi connectivity index (χ1) is 16.9. The monoisotopic (exact) mass is 492 g/mol. The average Bonchev–Trinajstić information content (AvgIpc) is 2.83. The molecule has 3 rings (SSSR count). The van der Waals surface area contributed by atoms with Crippen molar-refractivity contribution in [2.24, 2.45) is 16.1 Å². The van der Waals surface area contributed by atoms with Gasteiger partial charge in [0.2, 0.25) is 0 Å². The van der Waals surface area contributed by atoms with Gasteiger partial charge in [0, 0.05) is 28.1 Å². The Bertz CT molecular complexity index is 1100. The highest BCUT2D eigenvalue weighted by Gasteiger charge is 2.48. The zero-order valence-corrected chi connectivity index (χ0v) is 21.6. The minimum absolute atomic E-state index is 0.0534. The molecule has 0 aliphatic carbocycles. The van der Waals surface area contributed by atoms with Crippen molar-refractivity contribution in [2.75, 3.05) is 13.2 Å². The molecule has 2 aromatic rings. The summed E-state index contributed by atoms with van der Waals surface area (Å²) in [7, 11) is 0. The number of hydrogen-bond acceptors (Lipinski definition) is 7. The zero-order chi connectivity index (χ0) is 26.5. The SMILES string of the molecule is C=C(C)C(=O)OCCOc1ccc(N=Nc2ccc(C(=O)C3CC(C)(C)N([O])C(C)(C)C3)cc2)cc1. The van der Waals surface area contributed by atoms with Crippen LogP contribution in [0.3, 0.4) is 0 Å². The standard InChI is InChI=1S/C28H34N3O5/c1-19(2)26(33)36-16-15-35-24-13-11-23(12-14-24)30-29-22-9-7-20(8-10-22)25(32)21-17-27(3,4)31(34)28(5,6)18-21/h7-14,21H,1,15-18H2,2-6H3. The summed E-state index contributed by atoms with van der Waals surface area (Å²) in [6.07, 6.45) is 1.05. The highest BCUT2D eigenvalue weighted by Crippen LogP contribution is 2.41. The number of carbonyl (C=O) groups is 2. The van der Waals surface area contributed by atoms with Crippen molar-refractivity contribution >= 4 is 23.1 Å². The van der Waals surface area contributed by atoms with E-state index in [-0.39, 0.29) is 24.9 Å². The minimum Gasteiger partial charge on any atom is -0.490 e. The van der Waals surface area contributed by atoms with Crippen LogP contribution in [-0.4, -0.2) is 41.1 Å². The Labute approximate surface area is 212 Å². The highest BCUT2D eigenvalue weighted by atomic mass is 16.6. The predicted molar refractivity (Wildman–Crippen MR) is 136 cm³/mol. The molecule has 1 saturated heterocycles. The Morgan fingerprint density at radius 3 is 1.92 bits per heavy atom. The molecule has 0 spiro atoms. The highest BCUT2D eigenvalue weighted by molar-refractivity contribution is 5.98. The van der Waals surface area contributed by atoms with Gasteiger partial charge in [-0.1, -0.05) is 6.58 Å². The van der Waals surface area contributed by atoms with E-state index in [0.29, 0.717) is 41.1 Å². The normalized spacial score (nSPS) is 17.6. The fourth-order valence-electron chi connectivity index (χ4n) is 4.52. The van der Waals surface area contributed by atoms with E-state index in [1.54, 1.807) is 55.5 Å². The van der Waals surface area contributed by atoms with Crippen LogP contribution in [0.2, 0.25) is 0 Å². The zero-order valence-electron chi connectivity index (χ0n) is 21.6. The average molecular weight is 493 g/mol. The number of azo groups is 1. The molecule has 191 valence electrons. The lowest BCUT2D eigenvalue weighted by molar-refractivity contribution is -0.291. The Morgan fingerprint density at radius 2 is 1.42 bits per heavy atom. The topological polar surface area (TPSA) is 100 Å². The number of carbonyl (C=O) groups excluding carboxylic acids is 2. The van der Waals surface area contributed by atoms with Gasteiger partial charge in [-0.15, -0.1) is 10.3 Å². The molecule has 36 heavy (non-hydrogen) atoms. The van der Waals surface area contributed by atoms with Gasteiger partial charge < -0.3 is 9.47 Å². The van der Waals surface area contributed by atoms with Crippen molar-refractivity contribution in [3.05, 3.63) is 66.2 Å². The minimum atomic E-state index is -0.589. The molecule has 0 N–H and O–H groups in total. The van der Waals surface area contributed by atoms with Crippen LogP contribution in [0, 0.1) is 5.92 Å². The number of benzene rings is 2. The Morgan fingerprint density at radius 1 is 0.917 bits per heavy atom. The second-order valence-corrected chi connectivity index (χ2v) is 10.4. The molecular formula is C28H34N3O5. The molecule has 1 heterocycles. The van der Waals surface area contributed by atoms with Gasteiger partial charge in [-0.2, -0.15) is 10.2 Å². The van der Waals surface area contributed by atoms with E-state index in [4.69, 9.17) is 9.47 Å². The summed E-state index contributed by atoms with van der Waals surface area (Å²) in [5.41, 5.74) is 1.05. The van der Waals surface area contributed by atoms with Crippen LogP contribution >= 0.6 is 0 Å². The fourth-order valence-corrected chi connectivity index (χ4v) is 4.52. The molecule has 2 aromatic carbocycles. The molecule has 8 heteroatoms. The molecule has 0 bridgehead atoms. The Kier molecular flexibility index (Phi) is 8.43. The van der Waals surface area contributed by atoms with E-state index in [9.17, 15) is 14.8 Å². The maximum Gasteiger partial charge on any atom is 0.333 e. The molecule has 0 atom stereocenters. The first-order valence-electron chi connectivity index (χ1n) is 12.0. The van der Waals surface area contributed by atoms with E-state index >= 15 is 0 Å². The molecule has 1 fully saturated rings. The van der Waals surface area contributed by atoms with Crippen molar-refractivity contribution in [3.63, 3.8) is 0 Å². The summed E-state index contributed by atoms with van der Waals surface area (Å²) in [5, 5.41) is 22.2. The number of ether oxygens (including phenoxy) is 2. The van der Waals surface area contributed by atoms with Crippen LogP contribution in [0.15, 0.2) is 70.9 Å². The van der Waals surface area contributed by atoms with E-state index < -0.39 is 17.0 Å². The fraction of sp³-hybridized carbons (Fsp3) is 0.429. The van der Waals surface area contributed by atoms with Gasteiger partial charge in [0.25, 0.3) is 0 Å². The van der Waals surface area contributed by atoms with Crippen molar-refractivity contribution in [1.82, 2.24) is 5.06 Å². The summed E-state index contributed by atoms with van der Waals surface area (Å²) in [6.45, 7) is 13.1. The largest absolute Gasteiger partial charge is 0.490 e. The van der Waals surface area contributed by atoms with Crippen LogP contribution in [0.5, 0.6) is 5.75 Å². The number of rotatable bonds is 9. The molecule has 0 amide bonds. The third-order valence-corrected chi connectivity index (χ3v) is 6.17. The van der Waals surface area contributed by atoms with Crippen LogP contribution < -0.4 is 4.74 Å². The lowest BCUT2D eigenvalue weighted by Crippen LogP contribution is -2.59. The van der Waals surface area contributed by atoms with Crippen molar-refractivity contribution in [2.45, 2.75) is 58.5 Å². The van der Waals surface area contributed by atoms with Gasteiger partial charge in [-0.25, -0.2) is 4.79 Å². The summed E-state index contributed by atoms with van der Waals surface area (Å²) >= 11 is 0. The van der Waals surface area contributed by atoms with E-state index in [1.807, 2.05) is 27.7 Å². The van der Waals surface area contributed by atoms with Gasteiger partial charge in [0.05, 0.1) is 11.4 Å². The van der Waals surface area contributed by atoms with Gasteiger partial charge >= 0.3 is 5.97 Å². The number of hydroxylamine groups is 2. The Balaban J connectivity index is 1.55. The maximum atomic E-state index is 13.1. The molecule has 8 nitrogen and oxygen atoms in total. The smallest absolute Gasteiger partial charge is 0.333 e. The third kappa shape index (κ3) is 6.86. The molecule has 0 aromatic heterocycles. The van der Waals surface area contributed by atoms with Crippen LogP contribution in [0.1, 0.15) is 57.8 Å². The second-order valence-electron chi connectivity index (χ2n) is 10.4. The molecule has 1 aliphatic heterocycles. The van der Waals surface area contributed by atoms with Crippen LogP contribution in [0.4, 0.5) is 11.4 Å². The van der Waals surface area contributed by atoms with E-state index in [1.165, 1.54) is 0 Å². The summed E-state index contributed by atoms with van der Waals surface area (Å²) in [4.78, 5) is 24.5. The number of esters is 1. The summed E-state index contributed by atoms with van der Waals surface area (Å²) in [6, 6.07) is 14.1. The van der Waals surface area contributed by atoms with Gasteiger partial charge in [-0.3, -0.25) is 4.79 Å². The molecule has 1 aliphatic rings. The lowest BCUT2D eigenvalue weighted by Gasteiger charge is -2.49. The van der Waals surface area contributed by atoms with Gasteiger partial charge in [0.1, 0.15) is 19.0 Å². The summed E-state index contributed by atoms with van der Waals surface area (Å²) < 4.78 is 10.5.